The lowest BCUT2D eigenvalue weighted by atomic mass is 10.1. The Balaban J connectivity index is 1.99. The Labute approximate surface area is 142 Å². The molecule has 1 heterocycles. The normalized spacial score (nSPS) is 10.5. The number of anilines is 1. The summed E-state index contributed by atoms with van der Waals surface area (Å²) in [5.41, 5.74) is 1.55. The molecule has 0 aliphatic heterocycles. The number of aryl methyl sites for hydroxylation is 1. The van der Waals surface area contributed by atoms with Crippen molar-refractivity contribution in [3.8, 4) is 5.75 Å². The lowest BCUT2D eigenvalue weighted by Crippen LogP contribution is -2.31. The van der Waals surface area contributed by atoms with Gasteiger partial charge in [0.15, 0.2) is 0 Å². The molecular weight excluding hydrogens is 304 g/mol. The zero-order valence-corrected chi connectivity index (χ0v) is 14.6. The van der Waals surface area contributed by atoms with Crippen molar-refractivity contribution in [3.63, 3.8) is 0 Å². The van der Waals surface area contributed by atoms with Crippen LogP contribution in [0.4, 0.5) is 5.82 Å². The highest BCUT2D eigenvalue weighted by molar-refractivity contribution is 5.93. The van der Waals surface area contributed by atoms with Gasteiger partial charge < -0.3 is 15.4 Å². The molecule has 0 bridgehead atoms. The summed E-state index contributed by atoms with van der Waals surface area (Å²) in [4.78, 5) is 20.6. The highest BCUT2D eigenvalue weighted by Gasteiger charge is 2.11. The second-order valence-electron chi connectivity index (χ2n) is 5.84. The second kappa shape index (κ2) is 8.29. The van der Waals surface area contributed by atoms with Gasteiger partial charge in [0.2, 0.25) is 0 Å². The van der Waals surface area contributed by atoms with Crippen LogP contribution in [0.25, 0.3) is 0 Å². The van der Waals surface area contributed by atoms with Crippen molar-refractivity contribution in [2.45, 2.75) is 33.2 Å². The number of carbonyl (C=O) groups is 1. The molecule has 0 aliphatic carbocycles. The van der Waals surface area contributed by atoms with Gasteiger partial charge in [0.25, 0.3) is 5.91 Å². The number of nitrogens with zero attached hydrogens (tertiary/aromatic N) is 2. The van der Waals surface area contributed by atoms with Crippen molar-refractivity contribution in [2.75, 3.05) is 19.0 Å². The van der Waals surface area contributed by atoms with Crippen LogP contribution in [0.1, 0.15) is 35.7 Å². The highest BCUT2D eigenvalue weighted by atomic mass is 16.5. The fraction of sp³-hybridized carbons (Fsp3) is 0.389. The lowest BCUT2D eigenvalue weighted by molar-refractivity contribution is 0.0937. The molecule has 0 fully saturated rings. The number of methoxy groups -OCH3 is 1. The Morgan fingerprint density at radius 3 is 2.75 bits per heavy atom. The van der Waals surface area contributed by atoms with E-state index < -0.39 is 0 Å². The van der Waals surface area contributed by atoms with Gasteiger partial charge in [-0.05, 0) is 44.9 Å². The minimum Gasteiger partial charge on any atom is -0.497 e. The number of rotatable bonds is 7. The largest absolute Gasteiger partial charge is 0.497 e. The van der Waals surface area contributed by atoms with Gasteiger partial charge in [-0.2, -0.15) is 0 Å². The van der Waals surface area contributed by atoms with Crippen molar-refractivity contribution >= 4 is 11.7 Å². The first-order valence-electron chi connectivity index (χ1n) is 8.01. The minimum atomic E-state index is -0.189. The van der Waals surface area contributed by atoms with Crippen LogP contribution in [0.3, 0.4) is 0 Å². The molecule has 1 aromatic heterocycles. The molecule has 2 aromatic rings. The van der Waals surface area contributed by atoms with Crippen LogP contribution in [0, 0.1) is 6.92 Å². The number of ether oxygens (including phenoxy) is 1. The third-order valence-electron chi connectivity index (χ3n) is 3.34. The number of nitrogens with one attached hydrogen (secondary N) is 2. The molecule has 0 saturated heterocycles. The SMILES string of the molecule is COc1cccc(CCNc2cc(C(=O)NC(C)C)nc(C)n2)c1. The van der Waals surface area contributed by atoms with Gasteiger partial charge in [0.1, 0.15) is 23.1 Å². The molecule has 128 valence electrons. The van der Waals surface area contributed by atoms with Crippen molar-refractivity contribution in [3.05, 3.63) is 47.4 Å². The van der Waals surface area contributed by atoms with Crippen LogP contribution in [0.15, 0.2) is 30.3 Å². The van der Waals surface area contributed by atoms with Crippen molar-refractivity contribution in [1.82, 2.24) is 15.3 Å². The first-order valence-corrected chi connectivity index (χ1v) is 8.01. The zero-order chi connectivity index (χ0) is 17.5. The van der Waals surface area contributed by atoms with Crippen molar-refractivity contribution in [2.24, 2.45) is 0 Å². The summed E-state index contributed by atoms with van der Waals surface area (Å²) in [5.74, 6) is 1.87. The van der Waals surface area contributed by atoms with E-state index in [9.17, 15) is 4.79 Å². The van der Waals surface area contributed by atoms with E-state index in [0.717, 1.165) is 12.2 Å². The Kier molecular flexibility index (Phi) is 6.12. The summed E-state index contributed by atoms with van der Waals surface area (Å²) in [6, 6.07) is 9.70. The third-order valence-corrected chi connectivity index (χ3v) is 3.34. The maximum absolute atomic E-state index is 12.1. The van der Waals surface area contributed by atoms with Gasteiger partial charge in [-0.25, -0.2) is 9.97 Å². The fourth-order valence-electron chi connectivity index (χ4n) is 2.27. The number of benzene rings is 1. The molecular formula is C18H24N4O2. The van der Waals surface area contributed by atoms with Crippen LogP contribution in [0.2, 0.25) is 0 Å². The van der Waals surface area contributed by atoms with Gasteiger partial charge in [0.05, 0.1) is 7.11 Å². The first kappa shape index (κ1) is 17.7. The third kappa shape index (κ3) is 5.22. The van der Waals surface area contributed by atoms with E-state index in [1.165, 1.54) is 5.56 Å². The summed E-state index contributed by atoms with van der Waals surface area (Å²) in [5, 5.41) is 6.09. The molecule has 0 unspecified atom stereocenters. The van der Waals surface area contributed by atoms with Gasteiger partial charge in [-0.15, -0.1) is 0 Å². The van der Waals surface area contributed by atoms with E-state index in [4.69, 9.17) is 4.74 Å². The number of carbonyl (C=O) groups excluding carboxylic acids is 1. The Morgan fingerprint density at radius 1 is 1.25 bits per heavy atom. The summed E-state index contributed by atoms with van der Waals surface area (Å²) in [7, 11) is 1.66. The highest BCUT2D eigenvalue weighted by Crippen LogP contribution is 2.13. The maximum atomic E-state index is 12.1. The van der Waals surface area contributed by atoms with Crippen LogP contribution in [-0.4, -0.2) is 35.6 Å². The number of amides is 1. The smallest absolute Gasteiger partial charge is 0.270 e. The fourth-order valence-corrected chi connectivity index (χ4v) is 2.27. The Hall–Kier alpha value is -2.63. The minimum absolute atomic E-state index is 0.0669. The molecule has 24 heavy (non-hydrogen) atoms. The average molecular weight is 328 g/mol. The van der Waals surface area contributed by atoms with Crippen molar-refractivity contribution in [1.29, 1.82) is 0 Å². The predicted octanol–water partition coefficient (Wildman–Crippen LogP) is 2.59. The lowest BCUT2D eigenvalue weighted by Gasteiger charge is -2.11. The standard InChI is InChI=1S/C18H24N4O2/c1-12(2)20-18(23)16-11-17(22-13(3)21-16)19-9-8-14-6-5-7-15(10-14)24-4/h5-7,10-12H,8-9H2,1-4H3,(H,20,23)(H,19,21,22). The predicted molar refractivity (Wildman–Crippen MR) is 94.6 cm³/mol. The van der Waals surface area contributed by atoms with Crippen LogP contribution >= 0.6 is 0 Å². The summed E-state index contributed by atoms with van der Waals surface area (Å²) < 4.78 is 5.22. The summed E-state index contributed by atoms with van der Waals surface area (Å²) >= 11 is 0. The van der Waals surface area contributed by atoms with Gasteiger partial charge in [-0.1, -0.05) is 12.1 Å². The summed E-state index contributed by atoms with van der Waals surface area (Å²) in [6.07, 6.45) is 0.827. The van der Waals surface area contributed by atoms with Gasteiger partial charge in [-0.3, -0.25) is 4.79 Å². The molecule has 0 saturated carbocycles. The summed E-state index contributed by atoms with van der Waals surface area (Å²) in [6.45, 7) is 6.31. The van der Waals surface area contributed by atoms with E-state index in [-0.39, 0.29) is 11.9 Å². The van der Waals surface area contributed by atoms with Gasteiger partial charge >= 0.3 is 0 Å². The molecule has 0 atom stereocenters. The van der Waals surface area contributed by atoms with Gasteiger partial charge in [0, 0.05) is 18.7 Å². The first-order chi connectivity index (χ1) is 11.5. The monoisotopic (exact) mass is 328 g/mol. The zero-order valence-electron chi connectivity index (χ0n) is 14.6. The topological polar surface area (TPSA) is 76.1 Å². The van der Waals surface area contributed by atoms with Crippen LogP contribution in [-0.2, 0) is 6.42 Å². The Bertz CT molecular complexity index is 701. The van der Waals surface area contributed by atoms with E-state index >= 15 is 0 Å². The average Bonchev–Trinajstić information content (AvgIpc) is 2.54. The van der Waals surface area contributed by atoms with Crippen LogP contribution in [0.5, 0.6) is 5.75 Å². The van der Waals surface area contributed by atoms with E-state index in [1.807, 2.05) is 32.0 Å². The van der Waals surface area contributed by atoms with E-state index in [1.54, 1.807) is 20.1 Å². The molecule has 2 N–H and O–H groups in total. The molecule has 2 rings (SSSR count). The Morgan fingerprint density at radius 2 is 2.04 bits per heavy atom. The molecule has 1 aromatic carbocycles. The van der Waals surface area contributed by atoms with E-state index in [2.05, 4.69) is 26.7 Å². The van der Waals surface area contributed by atoms with Crippen molar-refractivity contribution < 1.29 is 9.53 Å². The quantitative estimate of drug-likeness (QED) is 0.817. The van der Waals surface area contributed by atoms with E-state index in [0.29, 0.717) is 23.9 Å². The number of hydrogen-bond acceptors (Lipinski definition) is 5. The van der Waals surface area contributed by atoms with Crippen LogP contribution < -0.4 is 15.4 Å². The second-order valence-corrected chi connectivity index (χ2v) is 5.84. The number of hydrogen-bond donors (Lipinski definition) is 2. The maximum Gasteiger partial charge on any atom is 0.270 e. The molecule has 6 heteroatoms. The molecule has 1 amide bonds. The molecule has 0 aliphatic rings. The molecule has 0 radical (unpaired) electrons. The molecule has 0 spiro atoms. The number of aromatic nitrogens is 2. The molecule has 6 nitrogen and oxygen atoms in total.